The average molecular weight is 390 g/mol. The zero-order valence-electron chi connectivity index (χ0n) is 14.9. The van der Waals surface area contributed by atoms with Crippen LogP contribution in [0.25, 0.3) is 0 Å². The topological polar surface area (TPSA) is 20.2 Å². The zero-order valence-corrected chi connectivity index (χ0v) is 16.5. The standard InChI is InChI=1S/C21H27NO.BrH/c1-16-11-12-21(23)20(14-16)19(17-8-5-4-6-9-17)15-18-10-7-13-22(18,2)3;/h4-6,8-9,11-12,14,18-19H,7,10,13,15H2,1-3H3;1H. The minimum Gasteiger partial charge on any atom is -1.00 e. The first-order valence-corrected chi connectivity index (χ1v) is 8.64. The molecule has 2 aromatic carbocycles. The number of likely N-dealkylation sites (tertiary alicyclic amines) is 1. The van der Waals surface area contributed by atoms with Crippen LogP contribution in [-0.4, -0.2) is 36.3 Å². The summed E-state index contributed by atoms with van der Waals surface area (Å²) in [4.78, 5) is 0. The molecule has 3 heteroatoms. The summed E-state index contributed by atoms with van der Waals surface area (Å²) >= 11 is 0. The number of rotatable bonds is 4. The largest absolute Gasteiger partial charge is 1.00 e. The molecule has 1 saturated heterocycles. The van der Waals surface area contributed by atoms with E-state index in [-0.39, 0.29) is 22.9 Å². The van der Waals surface area contributed by atoms with Crippen molar-refractivity contribution in [3.63, 3.8) is 0 Å². The van der Waals surface area contributed by atoms with Crippen LogP contribution in [0, 0.1) is 6.92 Å². The maximum atomic E-state index is 10.5. The van der Waals surface area contributed by atoms with Crippen LogP contribution in [0.1, 0.15) is 41.9 Å². The molecular formula is C21H28BrNO. The maximum absolute atomic E-state index is 10.5. The Labute approximate surface area is 156 Å². The molecule has 1 heterocycles. The molecular weight excluding hydrogens is 362 g/mol. The molecule has 1 fully saturated rings. The molecule has 1 aliphatic heterocycles. The third-order valence-corrected chi connectivity index (χ3v) is 5.53. The van der Waals surface area contributed by atoms with Crippen molar-refractivity contribution in [3.05, 3.63) is 65.2 Å². The van der Waals surface area contributed by atoms with Gasteiger partial charge >= 0.3 is 0 Å². The Morgan fingerprint density at radius 2 is 1.83 bits per heavy atom. The van der Waals surface area contributed by atoms with Crippen LogP contribution in [0.5, 0.6) is 5.75 Å². The van der Waals surface area contributed by atoms with Gasteiger partial charge in [0.15, 0.2) is 0 Å². The second-order valence-electron chi connectivity index (χ2n) is 7.56. The summed E-state index contributed by atoms with van der Waals surface area (Å²) < 4.78 is 1.09. The quantitative estimate of drug-likeness (QED) is 0.784. The van der Waals surface area contributed by atoms with Crippen molar-refractivity contribution in [3.8, 4) is 5.75 Å². The van der Waals surface area contributed by atoms with Gasteiger partial charge in [-0.05, 0) is 18.6 Å². The number of quaternary nitrogens is 1. The lowest BCUT2D eigenvalue weighted by atomic mass is 9.84. The fourth-order valence-electron chi connectivity index (χ4n) is 4.02. The van der Waals surface area contributed by atoms with Gasteiger partial charge in [0.05, 0.1) is 26.7 Å². The van der Waals surface area contributed by atoms with E-state index in [0.29, 0.717) is 11.8 Å². The van der Waals surface area contributed by atoms with Crippen molar-refractivity contribution in [1.29, 1.82) is 0 Å². The predicted octanol–water partition coefficient (Wildman–Crippen LogP) is 1.47. The van der Waals surface area contributed by atoms with Gasteiger partial charge in [-0.3, -0.25) is 0 Å². The minimum absolute atomic E-state index is 0. The molecule has 1 N–H and O–H groups in total. The number of phenols is 1. The van der Waals surface area contributed by atoms with Crippen LogP contribution >= 0.6 is 0 Å². The lowest BCUT2D eigenvalue weighted by Gasteiger charge is -2.34. The molecule has 0 spiro atoms. The van der Waals surface area contributed by atoms with E-state index >= 15 is 0 Å². The summed E-state index contributed by atoms with van der Waals surface area (Å²) in [5.41, 5.74) is 3.59. The van der Waals surface area contributed by atoms with Crippen molar-refractivity contribution in [2.75, 3.05) is 20.6 Å². The van der Waals surface area contributed by atoms with E-state index in [1.54, 1.807) is 0 Å². The monoisotopic (exact) mass is 389 g/mol. The number of halogens is 1. The second kappa shape index (κ2) is 7.71. The Kier molecular flexibility index (Phi) is 6.11. The highest BCUT2D eigenvalue weighted by atomic mass is 79.9. The van der Waals surface area contributed by atoms with Gasteiger partial charge < -0.3 is 26.6 Å². The van der Waals surface area contributed by atoms with Gasteiger partial charge in [0.25, 0.3) is 0 Å². The van der Waals surface area contributed by atoms with E-state index in [2.05, 4.69) is 57.4 Å². The van der Waals surface area contributed by atoms with Crippen LogP contribution in [0.4, 0.5) is 0 Å². The van der Waals surface area contributed by atoms with Crippen molar-refractivity contribution < 1.29 is 26.6 Å². The van der Waals surface area contributed by atoms with Gasteiger partial charge in [-0.25, -0.2) is 0 Å². The summed E-state index contributed by atoms with van der Waals surface area (Å²) in [6.45, 7) is 3.35. The van der Waals surface area contributed by atoms with E-state index in [1.165, 1.54) is 30.5 Å². The van der Waals surface area contributed by atoms with Crippen LogP contribution in [0.3, 0.4) is 0 Å². The van der Waals surface area contributed by atoms with Crippen molar-refractivity contribution in [1.82, 2.24) is 0 Å². The maximum Gasteiger partial charge on any atom is 0.119 e. The van der Waals surface area contributed by atoms with Crippen molar-refractivity contribution in [2.24, 2.45) is 0 Å². The Bertz CT molecular complexity index is 669. The van der Waals surface area contributed by atoms with Gasteiger partial charge in [0, 0.05) is 30.7 Å². The van der Waals surface area contributed by atoms with Crippen LogP contribution < -0.4 is 17.0 Å². The first-order valence-electron chi connectivity index (χ1n) is 8.64. The highest BCUT2D eigenvalue weighted by molar-refractivity contribution is 5.43. The molecule has 2 nitrogen and oxygen atoms in total. The smallest absolute Gasteiger partial charge is 0.119 e. The first-order chi connectivity index (χ1) is 11.0. The predicted molar refractivity (Wildman–Crippen MR) is 95.7 cm³/mol. The van der Waals surface area contributed by atoms with E-state index in [1.807, 2.05) is 12.1 Å². The molecule has 1 aliphatic rings. The van der Waals surface area contributed by atoms with Gasteiger partial charge in [0.1, 0.15) is 5.75 Å². The van der Waals surface area contributed by atoms with Gasteiger partial charge in [-0.1, -0.05) is 48.0 Å². The summed E-state index contributed by atoms with van der Waals surface area (Å²) in [5, 5.41) is 10.5. The highest BCUT2D eigenvalue weighted by Gasteiger charge is 2.36. The van der Waals surface area contributed by atoms with E-state index in [0.717, 1.165) is 16.5 Å². The Morgan fingerprint density at radius 1 is 1.12 bits per heavy atom. The minimum atomic E-state index is 0. The average Bonchev–Trinajstić information content (AvgIpc) is 2.87. The summed E-state index contributed by atoms with van der Waals surface area (Å²) in [6.07, 6.45) is 3.68. The van der Waals surface area contributed by atoms with Gasteiger partial charge in [-0.2, -0.15) is 0 Å². The second-order valence-corrected chi connectivity index (χ2v) is 7.56. The fraction of sp³-hybridized carbons (Fsp3) is 0.429. The summed E-state index contributed by atoms with van der Waals surface area (Å²) in [5.74, 6) is 0.685. The molecule has 0 amide bonds. The molecule has 0 bridgehead atoms. The normalized spacial score (nSPS) is 20.4. The first kappa shape index (κ1) is 19.0. The van der Waals surface area contributed by atoms with Gasteiger partial charge in [0.2, 0.25) is 0 Å². The number of phenolic OH excluding ortho intramolecular Hbond substituents is 1. The third-order valence-electron chi connectivity index (χ3n) is 5.53. The molecule has 0 aliphatic carbocycles. The fourth-order valence-corrected chi connectivity index (χ4v) is 4.02. The summed E-state index contributed by atoms with van der Waals surface area (Å²) in [7, 11) is 4.69. The molecule has 0 aromatic heterocycles. The molecule has 2 unspecified atom stereocenters. The highest BCUT2D eigenvalue weighted by Crippen LogP contribution is 2.39. The number of benzene rings is 2. The number of hydrogen-bond acceptors (Lipinski definition) is 1. The van der Waals surface area contributed by atoms with E-state index < -0.39 is 0 Å². The number of aryl methyl sites for hydroxylation is 1. The Morgan fingerprint density at radius 3 is 2.46 bits per heavy atom. The SMILES string of the molecule is Cc1ccc(O)c(C(CC2CCC[N+]2(C)C)c2ccccc2)c1.[Br-]. The molecule has 0 radical (unpaired) electrons. The van der Waals surface area contributed by atoms with E-state index in [4.69, 9.17) is 0 Å². The molecule has 2 aromatic rings. The van der Waals surface area contributed by atoms with Gasteiger partial charge in [-0.15, -0.1) is 0 Å². The lowest BCUT2D eigenvalue weighted by Crippen LogP contribution is -3.00. The van der Waals surface area contributed by atoms with E-state index in [9.17, 15) is 5.11 Å². The van der Waals surface area contributed by atoms with Crippen LogP contribution in [-0.2, 0) is 0 Å². The third kappa shape index (κ3) is 4.01. The number of hydrogen-bond donors (Lipinski definition) is 1. The molecule has 24 heavy (non-hydrogen) atoms. The molecule has 2 atom stereocenters. The van der Waals surface area contributed by atoms with Crippen LogP contribution in [0.2, 0.25) is 0 Å². The number of nitrogens with zero attached hydrogens (tertiary/aromatic N) is 1. The molecule has 0 saturated carbocycles. The molecule has 130 valence electrons. The zero-order chi connectivity index (χ0) is 16.4. The Balaban J connectivity index is 0.00000208. The van der Waals surface area contributed by atoms with Crippen molar-refractivity contribution >= 4 is 0 Å². The Hall–Kier alpha value is -1.32. The van der Waals surface area contributed by atoms with Crippen molar-refractivity contribution in [2.45, 2.75) is 38.1 Å². The summed E-state index contributed by atoms with van der Waals surface area (Å²) in [6, 6.07) is 17.3. The van der Waals surface area contributed by atoms with Crippen LogP contribution in [0.15, 0.2) is 48.5 Å². The molecule has 3 rings (SSSR count). The number of aromatic hydroxyl groups is 1. The lowest BCUT2D eigenvalue weighted by molar-refractivity contribution is -0.902.